The van der Waals surface area contributed by atoms with Crippen molar-refractivity contribution in [3.63, 3.8) is 0 Å². The molecule has 0 radical (unpaired) electrons. The predicted octanol–water partition coefficient (Wildman–Crippen LogP) is 2.89. The van der Waals surface area contributed by atoms with E-state index in [9.17, 15) is 4.79 Å². The van der Waals surface area contributed by atoms with E-state index in [-0.39, 0.29) is 19.4 Å². The second kappa shape index (κ2) is 5.35. The van der Waals surface area contributed by atoms with Gasteiger partial charge in [-0.2, -0.15) is 0 Å². The number of hydrogen-bond donors (Lipinski definition) is 0. The monoisotopic (exact) mass is 310 g/mol. The summed E-state index contributed by atoms with van der Waals surface area (Å²) in [7, 11) is 1.61. The Kier molecular flexibility index (Phi) is 3.19. The van der Waals surface area contributed by atoms with Crippen molar-refractivity contribution < 1.29 is 23.7 Å². The fourth-order valence-electron chi connectivity index (χ4n) is 2.77. The first-order chi connectivity index (χ1) is 11.3. The second-order valence-corrected chi connectivity index (χ2v) is 5.23. The third-order valence-corrected chi connectivity index (χ3v) is 3.95. The average molecular weight is 310 g/mol. The van der Waals surface area contributed by atoms with Gasteiger partial charge in [-0.25, -0.2) is 4.79 Å². The lowest BCUT2D eigenvalue weighted by atomic mass is 9.96. The van der Waals surface area contributed by atoms with E-state index in [1.807, 2.05) is 42.5 Å². The standard InChI is InChI=1S/C18H14O5/c1-20-13-5-2-11(3-6-13)17-14(9-21-18(17)19)12-4-7-15-16(8-12)23-10-22-15/h2-8H,9-10H2,1H3. The van der Waals surface area contributed by atoms with Crippen LogP contribution in [-0.2, 0) is 9.53 Å². The van der Waals surface area contributed by atoms with Crippen molar-refractivity contribution in [1.29, 1.82) is 0 Å². The second-order valence-electron chi connectivity index (χ2n) is 5.23. The number of esters is 1. The maximum atomic E-state index is 12.2. The normalized spacial score (nSPS) is 15.8. The zero-order valence-corrected chi connectivity index (χ0v) is 12.5. The van der Waals surface area contributed by atoms with Gasteiger partial charge in [0.2, 0.25) is 6.79 Å². The van der Waals surface area contributed by atoms with Gasteiger partial charge in [0.1, 0.15) is 12.4 Å². The summed E-state index contributed by atoms with van der Waals surface area (Å²) in [5.74, 6) is 1.82. The summed E-state index contributed by atoms with van der Waals surface area (Å²) in [6.07, 6.45) is 0. The van der Waals surface area contributed by atoms with Crippen LogP contribution >= 0.6 is 0 Å². The molecular weight excluding hydrogens is 296 g/mol. The molecule has 0 unspecified atom stereocenters. The topological polar surface area (TPSA) is 54.0 Å². The molecule has 2 aromatic carbocycles. The molecule has 0 aliphatic carbocycles. The van der Waals surface area contributed by atoms with Gasteiger partial charge in [-0.1, -0.05) is 18.2 Å². The maximum absolute atomic E-state index is 12.2. The van der Waals surface area contributed by atoms with Crippen LogP contribution in [0.3, 0.4) is 0 Å². The van der Waals surface area contributed by atoms with Gasteiger partial charge < -0.3 is 18.9 Å². The summed E-state index contributed by atoms with van der Waals surface area (Å²) in [6.45, 7) is 0.471. The molecule has 0 bridgehead atoms. The highest BCUT2D eigenvalue weighted by molar-refractivity contribution is 6.27. The Balaban J connectivity index is 1.80. The Hall–Kier alpha value is -2.95. The van der Waals surface area contributed by atoms with Gasteiger partial charge in [-0.15, -0.1) is 0 Å². The molecule has 0 saturated carbocycles. The first-order valence-corrected chi connectivity index (χ1v) is 7.21. The number of carbonyl (C=O) groups is 1. The van der Waals surface area contributed by atoms with E-state index < -0.39 is 0 Å². The molecule has 2 aromatic rings. The summed E-state index contributed by atoms with van der Waals surface area (Å²) < 4.78 is 21.1. The fourth-order valence-corrected chi connectivity index (χ4v) is 2.77. The van der Waals surface area contributed by atoms with Crippen molar-refractivity contribution >= 4 is 17.1 Å². The molecule has 4 rings (SSSR count). The summed E-state index contributed by atoms with van der Waals surface area (Å²) in [5, 5.41) is 0. The lowest BCUT2D eigenvalue weighted by molar-refractivity contribution is -0.133. The predicted molar refractivity (Wildman–Crippen MR) is 83.3 cm³/mol. The molecule has 2 aliphatic rings. The highest BCUT2D eigenvalue weighted by atomic mass is 16.7. The molecular formula is C18H14O5. The Morgan fingerprint density at radius 1 is 0.913 bits per heavy atom. The summed E-state index contributed by atoms with van der Waals surface area (Å²) >= 11 is 0. The first kappa shape index (κ1) is 13.7. The van der Waals surface area contributed by atoms with Gasteiger partial charge in [0.25, 0.3) is 0 Å². The molecule has 23 heavy (non-hydrogen) atoms. The van der Waals surface area contributed by atoms with Gasteiger partial charge in [0, 0.05) is 5.57 Å². The molecule has 0 aromatic heterocycles. The zero-order chi connectivity index (χ0) is 15.8. The number of carbonyl (C=O) groups excluding carboxylic acids is 1. The number of fused-ring (bicyclic) bond motifs is 1. The number of hydrogen-bond acceptors (Lipinski definition) is 5. The summed E-state index contributed by atoms with van der Waals surface area (Å²) in [5.41, 5.74) is 3.12. The van der Waals surface area contributed by atoms with Gasteiger partial charge in [-0.3, -0.25) is 0 Å². The Morgan fingerprint density at radius 3 is 2.43 bits per heavy atom. The molecule has 0 N–H and O–H groups in total. The van der Waals surface area contributed by atoms with E-state index in [1.165, 1.54) is 0 Å². The molecule has 0 saturated heterocycles. The molecule has 0 atom stereocenters. The van der Waals surface area contributed by atoms with E-state index in [4.69, 9.17) is 18.9 Å². The first-order valence-electron chi connectivity index (χ1n) is 7.21. The number of benzene rings is 2. The Morgan fingerprint density at radius 2 is 1.65 bits per heavy atom. The largest absolute Gasteiger partial charge is 0.497 e. The number of rotatable bonds is 3. The zero-order valence-electron chi connectivity index (χ0n) is 12.5. The van der Waals surface area contributed by atoms with Crippen molar-refractivity contribution in [2.24, 2.45) is 0 Å². The SMILES string of the molecule is COc1ccc(C2=C(c3ccc4c(c3)OCO4)COC2=O)cc1. The minimum absolute atomic E-state index is 0.221. The number of methoxy groups -OCH3 is 1. The minimum atomic E-state index is -0.317. The maximum Gasteiger partial charge on any atom is 0.339 e. The van der Waals surface area contributed by atoms with Crippen LogP contribution in [0.15, 0.2) is 42.5 Å². The third-order valence-electron chi connectivity index (χ3n) is 3.95. The van der Waals surface area contributed by atoms with Crippen molar-refractivity contribution in [3.8, 4) is 17.2 Å². The van der Waals surface area contributed by atoms with E-state index >= 15 is 0 Å². The van der Waals surface area contributed by atoms with Crippen LogP contribution in [0.25, 0.3) is 11.1 Å². The Labute approximate surface area is 133 Å². The van der Waals surface area contributed by atoms with Crippen LogP contribution in [0.1, 0.15) is 11.1 Å². The lowest BCUT2D eigenvalue weighted by Crippen LogP contribution is -1.98. The Bertz CT molecular complexity index is 805. The molecule has 0 fully saturated rings. The molecule has 5 heteroatoms. The fraction of sp³-hybridized carbons (Fsp3) is 0.167. The van der Waals surface area contributed by atoms with Crippen molar-refractivity contribution in [2.75, 3.05) is 20.5 Å². The van der Waals surface area contributed by atoms with Crippen LogP contribution in [0, 0.1) is 0 Å². The summed E-state index contributed by atoms with van der Waals surface area (Å²) in [6, 6.07) is 13.0. The molecule has 2 aliphatic heterocycles. The lowest BCUT2D eigenvalue weighted by Gasteiger charge is -2.06. The van der Waals surface area contributed by atoms with Crippen molar-refractivity contribution in [1.82, 2.24) is 0 Å². The molecule has 5 nitrogen and oxygen atoms in total. The third kappa shape index (κ3) is 2.30. The minimum Gasteiger partial charge on any atom is -0.497 e. The number of cyclic esters (lactones) is 1. The van der Waals surface area contributed by atoms with Gasteiger partial charge >= 0.3 is 5.97 Å². The molecule has 0 spiro atoms. The van der Waals surface area contributed by atoms with Crippen LogP contribution in [0.2, 0.25) is 0 Å². The highest BCUT2D eigenvalue weighted by Crippen LogP contribution is 2.39. The smallest absolute Gasteiger partial charge is 0.339 e. The van der Waals surface area contributed by atoms with E-state index in [0.29, 0.717) is 17.1 Å². The van der Waals surface area contributed by atoms with Crippen LogP contribution < -0.4 is 14.2 Å². The van der Waals surface area contributed by atoms with Crippen molar-refractivity contribution in [3.05, 3.63) is 53.6 Å². The van der Waals surface area contributed by atoms with E-state index in [1.54, 1.807) is 7.11 Å². The molecule has 0 amide bonds. The van der Waals surface area contributed by atoms with E-state index in [0.717, 1.165) is 22.4 Å². The van der Waals surface area contributed by atoms with Crippen LogP contribution in [-0.4, -0.2) is 26.5 Å². The van der Waals surface area contributed by atoms with Crippen LogP contribution in [0.5, 0.6) is 17.2 Å². The van der Waals surface area contributed by atoms with Gasteiger partial charge in [0.15, 0.2) is 11.5 Å². The average Bonchev–Trinajstić information content (AvgIpc) is 3.20. The number of ether oxygens (including phenoxy) is 4. The summed E-state index contributed by atoms with van der Waals surface area (Å²) in [4.78, 5) is 12.2. The van der Waals surface area contributed by atoms with Crippen LogP contribution in [0.4, 0.5) is 0 Å². The van der Waals surface area contributed by atoms with Crippen molar-refractivity contribution in [2.45, 2.75) is 0 Å². The highest BCUT2D eigenvalue weighted by Gasteiger charge is 2.28. The van der Waals surface area contributed by atoms with E-state index in [2.05, 4.69) is 0 Å². The van der Waals surface area contributed by atoms with Gasteiger partial charge in [0.05, 0.1) is 12.7 Å². The molecule has 2 heterocycles. The molecule has 116 valence electrons. The quantitative estimate of drug-likeness (QED) is 0.816. The van der Waals surface area contributed by atoms with Gasteiger partial charge in [-0.05, 0) is 35.4 Å².